The van der Waals surface area contributed by atoms with Crippen molar-refractivity contribution in [2.75, 3.05) is 6.61 Å². The Balaban J connectivity index is 3.09. The van der Waals surface area contributed by atoms with Gasteiger partial charge in [-0.05, 0) is 0 Å². The fourth-order valence-corrected chi connectivity index (χ4v) is 0.206. The molecule has 0 aliphatic carbocycles. The van der Waals surface area contributed by atoms with Crippen LogP contribution in [0.1, 0.15) is 0 Å². The molecule has 0 aromatic heterocycles. The molecular formula is C5H8O3. The van der Waals surface area contributed by atoms with Gasteiger partial charge in [0.1, 0.15) is 0 Å². The molecule has 3 heteroatoms. The van der Waals surface area contributed by atoms with Gasteiger partial charge in [0.25, 0.3) is 0 Å². The first-order valence-electron chi connectivity index (χ1n) is 2.17. The van der Waals surface area contributed by atoms with Crippen LogP contribution >= 0.6 is 0 Å². The maximum Gasteiger partial charge on any atom is 0.212 e. The largest absolute Gasteiger partial charge is 0.362 e. The SMILES string of the molecule is C=CCOC(O)C=O. The molecule has 0 amide bonds. The van der Waals surface area contributed by atoms with E-state index in [2.05, 4.69) is 11.3 Å². The highest BCUT2D eigenvalue weighted by Crippen LogP contribution is 1.79. The Morgan fingerprint density at radius 3 is 2.88 bits per heavy atom. The van der Waals surface area contributed by atoms with Crippen LogP contribution in [0.2, 0.25) is 0 Å². The lowest BCUT2D eigenvalue weighted by Crippen LogP contribution is -2.12. The third-order valence-corrected chi connectivity index (χ3v) is 0.501. The van der Waals surface area contributed by atoms with E-state index < -0.39 is 6.29 Å². The molecule has 0 spiro atoms. The van der Waals surface area contributed by atoms with Gasteiger partial charge < -0.3 is 9.84 Å². The summed E-state index contributed by atoms with van der Waals surface area (Å²) in [4.78, 5) is 9.60. The molecule has 0 aliphatic heterocycles. The molecule has 1 atom stereocenters. The minimum absolute atomic E-state index is 0.194. The number of carbonyl (C=O) groups is 1. The second-order valence-corrected chi connectivity index (χ2v) is 1.15. The summed E-state index contributed by atoms with van der Waals surface area (Å²) < 4.78 is 4.41. The van der Waals surface area contributed by atoms with Crippen molar-refractivity contribution in [1.29, 1.82) is 0 Å². The molecule has 46 valence electrons. The molecule has 0 fully saturated rings. The van der Waals surface area contributed by atoms with Gasteiger partial charge in [0.15, 0.2) is 6.29 Å². The van der Waals surface area contributed by atoms with E-state index in [1.54, 1.807) is 0 Å². The second-order valence-electron chi connectivity index (χ2n) is 1.15. The molecule has 0 aromatic carbocycles. The van der Waals surface area contributed by atoms with Gasteiger partial charge in [0.2, 0.25) is 6.29 Å². The van der Waals surface area contributed by atoms with Crippen LogP contribution in [-0.2, 0) is 9.53 Å². The first-order valence-corrected chi connectivity index (χ1v) is 2.17. The summed E-state index contributed by atoms with van der Waals surface area (Å²) in [5.74, 6) is 0. The molecule has 0 saturated heterocycles. The number of hydrogen-bond acceptors (Lipinski definition) is 3. The molecule has 0 saturated carbocycles. The monoisotopic (exact) mass is 116 g/mol. The minimum atomic E-state index is -1.30. The van der Waals surface area contributed by atoms with E-state index in [-0.39, 0.29) is 6.61 Å². The predicted molar refractivity (Wildman–Crippen MR) is 28.2 cm³/mol. The fourth-order valence-electron chi connectivity index (χ4n) is 0.206. The zero-order valence-corrected chi connectivity index (χ0v) is 4.41. The number of aldehydes is 1. The summed E-state index contributed by atoms with van der Waals surface area (Å²) in [5, 5.41) is 8.35. The molecule has 1 unspecified atom stereocenters. The van der Waals surface area contributed by atoms with Gasteiger partial charge >= 0.3 is 0 Å². The van der Waals surface area contributed by atoms with Crippen molar-refractivity contribution in [1.82, 2.24) is 0 Å². The predicted octanol–water partition coefficient (Wildman–Crippen LogP) is -0.294. The third-order valence-electron chi connectivity index (χ3n) is 0.501. The Labute approximate surface area is 47.6 Å². The van der Waals surface area contributed by atoms with Crippen LogP contribution in [-0.4, -0.2) is 24.3 Å². The molecule has 0 aliphatic rings. The first kappa shape index (κ1) is 7.33. The Morgan fingerprint density at radius 1 is 1.88 bits per heavy atom. The lowest BCUT2D eigenvalue weighted by molar-refractivity contribution is -0.139. The van der Waals surface area contributed by atoms with Crippen LogP contribution in [0.4, 0.5) is 0 Å². The lowest BCUT2D eigenvalue weighted by atomic mass is 10.6. The highest BCUT2D eigenvalue weighted by atomic mass is 16.6. The standard InChI is InChI=1S/C5H8O3/c1-2-3-8-5(7)4-6/h2,4-5,7H,1,3H2. The Morgan fingerprint density at radius 2 is 2.50 bits per heavy atom. The smallest absolute Gasteiger partial charge is 0.212 e. The Hall–Kier alpha value is -0.670. The van der Waals surface area contributed by atoms with Gasteiger partial charge in [-0.1, -0.05) is 6.08 Å². The van der Waals surface area contributed by atoms with Crippen LogP contribution in [0, 0.1) is 0 Å². The molecule has 0 aromatic rings. The van der Waals surface area contributed by atoms with Crippen molar-refractivity contribution >= 4 is 6.29 Å². The van der Waals surface area contributed by atoms with E-state index in [1.807, 2.05) is 0 Å². The summed E-state index contributed by atoms with van der Waals surface area (Å²) >= 11 is 0. The van der Waals surface area contributed by atoms with Gasteiger partial charge in [-0.3, -0.25) is 4.79 Å². The third kappa shape index (κ3) is 3.52. The average Bonchev–Trinajstić information content (AvgIpc) is 1.83. The van der Waals surface area contributed by atoms with Crippen molar-refractivity contribution in [2.45, 2.75) is 6.29 Å². The molecular weight excluding hydrogens is 108 g/mol. The van der Waals surface area contributed by atoms with Crippen molar-refractivity contribution in [3.63, 3.8) is 0 Å². The van der Waals surface area contributed by atoms with E-state index in [1.165, 1.54) is 6.08 Å². The quantitative estimate of drug-likeness (QED) is 0.312. The maximum atomic E-state index is 9.60. The molecule has 8 heavy (non-hydrogen) atoms. The number of carbonyl (C=O) groups excluding carboxylic acids is 1. The normalized spacial score (nSPS) is 12.6. The Bertz CT molecular complexity index is 79.7. The summed E-state index contributed by atoms with van der Waals surface area (Å²) in [7, 11) is 0. The van der Waals surface area contributed by atoms with Crippen LogP contribution in [0.5, 0.6) is 0 Å². The topological polar surface area (TPSA) is 46.5 Å². The van der Waals surface area contributed by atoms with Crippen LogP contribution in [0.25, 0.3) is 0 Å². The van der Waals surface area contributed by atoms with Gasteiger partial charge in [-0.25, -0.2) is 0 Å². The number of hydrogen-bond donors (Lipinski definition) is 1. The maximum absolute atomic E-state index is 9.60. The first-order chi connectivity index (χ1) is 3.81. The van der Waals surface area contributed by atoms with E-state index in [0.29, 0.717) is 6.29 Å². The van der Waals surface area contributed by atoms with E-state index in [9.17, 15) is 4.79 Å². The molecule has 0 heterocycles. The summed E-state index contributed by atoms with van der Waals surface area (Å²) in [5.41, 5.74) is 0. The zero-order chi connectivity index (χ0) is 6.41. The van der Waals surface area contributed by atoms with Gasteiger partial charge in [0.05, 0.1) is 6.61 Å². The van der Waals surface area contributed by atoms with Crippen molar-refractivity contribution in [3.05, 3.63) is 12.7 Å². The molecule has 0 radical (unpaired) electrons. The Kier molecular flexibility index (Phi) is 4.11. The van der Waals surface area contributed by atoms with E-state index in [0.717, 1.165) is 0 Å². The van der Waals surface area contributed by atoms with Gasteiger partial charge in [0, 0.05) is 0 Å². The summed E-state index contributed by atoms with van der Waals surface area (Å²) in [6.45, 7) is 3.51. The second kappa shape index (κ2) is 4.49. The van der Waals surface area contributed by atoms with Crippen LogP contribution in [0.15, 0.2) is 12.7 Å². The van der Waals surface area contributed by atoms with Crippen molar-refractivity contribution < 1.29 is 14.6 Å². The summed E-state index contributed by atoms with van der Waals surface area (Å²) in [6.07, 6.45) is 0.462. The van der Waals surface area contributed by atoms with E-state index in [4.69, 9.17) is 5.11 Å². The highest BCUT2D eigenvalue weighted by Gasteiger charge is 1.95. The lowest BCUT2D eigenvalue weighted by Gasteiger charge is -1.99. The van der Waals surface area contributed by atoms with Gasteiger partial charge in [-0.15, -0.1) is 6.58 Å². The molecule has 3 nitrogen and oxygen atoms in total. The number of aliphatic hydroxyl groups is 1. The van der Waals surface area contributed by atoms with E-state index >= 15 is 0 Å². The van der Waals surface area contributed by atoms with Crippen molar-refractivity contribution in [3.8, 4) is 0 Å². The van der Waals surface area contributed by atoms with Crippen molar-refractivity contribution in [2.24, 2.45) is 0 Å². The number of rotatable bonds is 4. The van der Waals surface area contributed by atoms with Crippen LogP contribution < -0.4 is 0 Å². The minimum Gasteiger partial charge on any atom is -0.362 e. The number of ether oxygens (including phenoxy) is 1. The summed E-state index contributed by atoms with van der Waals surface area (Å²) in [6, 6.07) is 0. The molecule has 0 bridgehead atoms. The fraction of sp³-hybridized carbons (Fsp3) is 0.400. The van der Waals surface area contributed by atoms with Gasteiger partial charge in [-0.2, -0.15) is 0 Å². The number of aliphatic hydroxyl groups excluding tert-OH is 1. The zero-order valence-electron chi connectivity index (χ0n) is 4.41. The highest BCUT2D eigenvalue weighted by molar-refractivity contribution is 5.53. The van der Waals surface area contributed by atoms with Crippen LogP contribution in [0.3, 0.4) is 0 Å². The average molecular weight is 116 g/mol. The molecule has 0 rings (SSSR count). The molecule has 1 N–H and O–H groups in total.